The molecule has 0 amide bonds. The zero-order valence-corrected chi connectivity index (χ0v) is 10.7. The molecule has 0 bridgehead atoms. The molecule has 92 valence electrons. The van der Waals surface area contributed by atoms with Crippen LogP contribution in [0.25, 0.3) is 11.0 Å². The number of unbranched alkanes of at least 4 members (excludes halogenated alkanes) is 1. The number of nitrogens with zero attached hydrogens (tertiary/aromatic N) is 2. The van der Waals surface area contributed by atoms with Crippen molar-refractivity contribution in [3.8, 4) is 0 Å². The van der Waals surface area contributed by atoms with Gasteiger partial charge < -0.3 is 9.88 Å². The second-order valence-electron chi connectivity index (χ2n) is 4.32. The van der Waals surface area contributed by atoms with E-state index in [0.29, 0.717) is 0 Å². The molecule has 1 heterocycles. The highest BCUT2D eigenvalue weighted by Gasteiger charge is 2.07. The summed E-state index contributed by atoms with van der Waals surface area (Å²) in [6.45, 7) is 4.28. The normalized spacial score (nSPS) is 11.2. The average Bonchev–Trinajstić information content (AvgIpc) is 2.72. The fourth-order valence-corrected chi connectivity index (χ4v) is 2.25. The van der Waals surface area contributed by atoms with Crippen molar-refractivity contribution < 1.29 is 0 Å². The molecule has 0 spiro atoms. The largest absolute Gasteiger partial charge is 0.328 e. The zero-order chi connectivity index (χ0) is 12.1. The molecule has 0 saturated heterocycles. The van der Waals surface area contributed by atoms with E-state index in [9.17, 15) is 0 Å². The molecule has 0 saturated carbocycles. The third kappa shape index (κ3) is 2.67. The smallest absolute Gasteiger partial charge is 0.109 e. The molecule has 1 aromatic carbocycles. The number of nitrogens with one attached hydrogen (secondary N) is 1. The summed E-state index contributed by atoms with van der Waals surface area (Å²) in [6.07, 6.45) is 3.48. The summed E-state index contributed by atoms with van der Waals surface area (Å²) in [5.74, 6) is 1.23. The first kappa shape index (κ1) is 12.1. The lowest BCUT2D eigenvalue weighted by Gasteiger charge is -2.05. The highest BCUT2D eigenvalue weighted by atomic mass is 15.1. The summed E-state index contributed by atoms with van der Waals surface area (Å²) < 4.78 is 2.33. The Labute approximate surface area is 103 Å². The Bertz CT molecular complexity index is 473. The van der Waals surface area contributed by atoms with Crippen LogP contribution in [-0.2, 0) is 13.0 Å². The third-order valence-electron chi connectivity index (χ3n) is 3.13. The molecule has 17 heavy (non-hydrogen) atoms. The highest BCUT2D eigenvalue weighted by molar-refractivity contribution is 5.75. The van der Waals surface area contributed by atoms with E-state index in [1.54, 1.807) is 0 Å². The average molecular weight is 231 g/mol. The first-order chi connectivity index (χ1) is 8.36. The maximum Gasteiger partial charge on any atom is 0.109 e. The molecule has 0 atom stereocenters. The van der Waals surface area contributed by atoms with E-state index in [1.807, 2.05) is 7.05 Å². The van der Waals surface area contributed by atoms with Gasteiger partial charge in [0, 0.05) is 13.0 Å². The molecular formula is C14H21N3. The van der Waals surface area contributed by atoms with Crippen LogP contribution in [0.5, 0.6) is 0 Å². The molecule has 2 rings (SSSR count). The molecule has 1 aromatic heterocycles. The minimum Gasteiger partial charge on any atom is -0.328 e. The Kier molecular flexibility index (Phi) is 4.15. The van der Waals surface area contributed by atoms with Crippen LogP contribution in [0.3, 0.4) is 0 Å². The molecule has 3 nitrogen and oxygen atoms in total. The van der Waals surface area contributed by atoms with Gasteiger partial charge in [0.25, 0.3) is 0 Å². The van der Waals surface area contributed by atoms with Gasteiger partial charge in [-0.3, -0.25) is 0 Å². The Morgan fingerprint density at radius 3 is 2.82 bits per heavy atom. The lowest BCUT2D eigenvalue weighted by molar-refractivity contribution is 0.634. The molecule has 0 aliphatic heterocycles. The second-order valence-corrected chi connectivity index (χ2v) is 4.32. The van der Waals surface area contributed by atoms with Crippen molar-refractivity contribution in [1.29, 1.82) is 0 Å². The van der Waals surface area contributed by atoms with Gasteiger partial charge in [-0.25, -0.2) is 4.98 Å². The van der Waals surface area contributed by atoms with E-state index in [2.05, 4.69) is 41.1 Å². The number of para-hydroxylation sites is 2. The summed E-state index contributed by atoms with van der Waals surface area (Å²) in [6, 6.07) is 8.39. The number of aryl methyl sites for hydroxylation is 2. The predicted octanol–water partition coefficient (Wildman–Crippen LogP) is 2.60. The van der Waals surface area contributed by atoms with Crippen molar-refractivity contribution in [2.75, 3.05) is 13.6 Å². The summed E-state index contributed by atoms with van der Waals surface area (Å²) in [4.78, 5) is 4.72. The van der Waals surface area contributed by atoms with E-state index in [-0.39, 0.29) is 0 Å². The van der Waals surface area contributed by atoms with Gasteiger partial charge in [-0.05, 0) is 45.5 Å². The number of benzene rings is 1. The quantitative estimate of drug-likeness (QED) is 0.774. The third-order valence-corrected chi connectivity index (χ3v) is 3.13. The molecule has 0 aliphatic rings. The first-order valence-corrected chi connectivity index (χ1v) is 6.45. The van der Waals surface area contributed by atoms with E-state index < -0.39 is 0 Å². The Morgan fingerprint density at radius 1 is 1.24 bits per heavy atom. The fraction of sp³-hybridized carbons (Fsp3) is 0.500. The number of imidazole rings is 1. The standard InChI is InChI=1S/C14H21N3/c1-3-17-13-9-5-4-8-12(13)16-14(17)10-6-7-11-15-2/h4-5,8-9,15H,3,6-7,10-11H2,1-2H3. The van der Waals surface area contributed by atoms with Gasteiger partial charge in [0.2, 0.25) is 0 Å². The van der Waals surface area contributed by atoms with Gasteiger partial charge >= 0.3 is 0 Å². The number of hydrogen-bond donors (Lipinski definition) is 1. The maximum absolute atomic E-state index is 4.72. The lowest BCUT2D eigenvalue weighted by Crippen LogP contribution is -2.08. The van der Waals surface area contributed by atoms with Crippen LogP contribution in [0.2, 0.25) is 0 Å². The van der Waals surface area contributed by atoms with Crippen LogP contribution in [0.1, 0.15) is 25.6 Å². The van der Waals surface area contributed by atoms with Gasteiger partial charge in [-0.15, -0.1) is 0 Å². The van der Waals surface area contributed by atoms with E-state index in [0.717, 1.165) is 25.0 Å². The van der Waals surface area contributed by atoms with Crippen LogP contribution in [0.4, 0.5) is 0 Å². The molecule has 2 aromatic rings. The van der Waals surface area contributed by atoms with E-state index in [1.165, 1.54) is 24.2 Å². The summed E-state index contributed by atoms with van der Waals surface area (Å²) in [7, 11) is 2.00. The minimum absolute atomic E-state index is 1.00. The van der Waals surface area contributed by atoms with Crippen molar-refractivity contribution in [3.63, 3.8) is 0 Å². The lowest BCUT2D eigenvalue weighted by atomic mass is 10.2. The maximum atomic E-state index is 4.72. The molecule has 0 fully saturated rings. The van der Waals surface area contributed by atoms with Crippen molar-refractivity contribution in [2.24, 2.45) is 0 Å². The fourth-order valence-electron chi connectivity index (χ4n) is 2.25. The second kappa shape index (κ2) is 5.82. The highest BCUT2D eigenvalue weighted by Crippen LogP contribution is 2.17. The molecule has 0 radical (unpaired) electrons. The number of fused-ring (bicyclic) bond motifs is 1. The summed E-state index contributed by atoms with van der Waals surface area (Å²) >= 11 is 0. The SMILES string of the molecule is CCn1c(CCCCNC)nc2ccccc21. The van der Waals surface area contributed by atoms with Crippen molar-refractivity contribution in [3.05, 3.63) is 30.1 Å². The van der Waals surface area contributed by atoms with Gasteiger partial charge in [0.15, 0.2) is 0 Å². The van der Waals surface area contributed by atoms with Crippen molar-refractivity contribution >= 4 is 11.0 Å². The number of hydrogen-bond acceptors (Lipinski definition) is 2. The summed E-state index contributed by atoms with van der Waals surface area (Å²) in [5.41, 5.74) is 2.39. The Morgan fingerprint density at radius 2 is 2.06 bits per heavy atom. The van der Waals surface area contributed by atoms with Crippen molar-refractivity contribution in [2.45, 2.75) is 32.7 Å². The number of rotatable bonds is 6. The molecule has 3 heteroatoms. The van der Waals surface area contributed by atoms with Gasteiger partial charge in [0.1, 0.15) is 5.82 Å². The molecular weight excluding hydrogens is 210 g/mol. The molecule has 1 N–H and O–H groups in total. The minimum atomic E-state index is 1.00. The van der Waals surface area contributed by atoms with E-state index >= 15 is 0 Å². The molecule has 0 aliphatic carbocycles. The van der Waals surface area contributed by atoms with Crippen LogP contribution in [-0.4, -0.2) is 23.1 Å². The Hall–Kier alpha value is -1.35. The van der Waals surface area contributed by atoms with Gasteiger partial charge in [-0.1, -0.05) is 12.1 Å². The molecule has 0 unspecified atom stereocenters. The van der Waals surface area contributed by atoms with Crippen LogP contribution in [0.15, 0.2) is 24.3 Å². The van der Waals surface area contributed by atoms with Gasteiger partial charge in [0.05, 0.1) is 11.0 Å². The summed E-state index contributed by atoms with van der Waals surface area (Å²) in [5, 5.41) is 3.18. The topological polar surface area (TPSA) is 29.9 Å². The van der Waals surface area contributed by atoms with Crippen LogP contribution >= 0.6 is 0 Å². The number of aromatic nitrogens is 2. The van der Waals surface area contributed by atoms with Crippen LogP contribution in [0, 0.1) is 0 Å². The van der Waals surface area contributed by atoms with Crippen molar-refractivity contribution in [1.82, 2.24) is 14.9 Å². The monoisotopic (exact) mass is 231 g/mol. The zero-order valence-electron chi connectivity index (χ0n) is 10.7. The van der Waals surface area contributed by atoms with Gasteiger partial charge in [-0.2, -0.15) is 0 Å². The first-order valence-electron chi connectivity index (χ1n) is 6.45. The van der Waals surface area contributed by atoms with Crippen LogP contribution < -0.4 is 5.32 Å². The predicted molar refractivity (Wildman–Crippen MR) is 72.3 cm³/mol. The van der Waals surface area contributed by atoms with E-state index in [4.69, 9.17) is 4.98 Å². The Balaban J connectivity index is 2.15.